The van der Waals surface area contributed by atoms with Gasteiger partial charge in [-0.15, -0.1) is 0 Å². The summed E-state index contributed by atoms with van der Waals surface area (Å²) in [5, 5.41) is 6.68. The highest BCUT2D eigenvalue weighted by molar-refractivity contribution is 5.77. The number of nitrogens with one attached hydrogen (secondary N) is 1. The second-order valence-electron chi connectivity index (χ2n) is 9.82. The summed E-state index contributed by atoms with van der Waals surface area (Å²) in [4.78, 5) is 23.1. The summed E-state index contributed by atoms with van der Waals surface area (Å²) >= 11 is 0. The van der Waals surface area contributed by atoms with Crippen LogP contribution in [0.3, 0.4) is 0 Å². The minimum atomic E-state index is -4.56. The lowest BCUT2D eigenvalue weighted by atomic mass is 9.79. The topological polar surface area (TPSA) is 83.6 Å². The summed E-state index contributed by atoms with van der Waals surface area (Å²) in [6.45, 7) is 1.95. The van der Waals surface area contributed by atoms with Crippen molar-refractivity contribution in [3.8, 4) is 0 Å². The SMILES string of the molecule is CN=CC1(c2nc(Cc3ccc(F)cc3)no2)CCN(CC[C@H](NC(=O)CC(F)(F)F)c2ccccc2)CC1. The predicted octanol–water partition coefficient (Wildman–Crippen LogP) is 5.03. The molecule has 1 saturated heterocycles. The van der Waals surface area contributed by atoms with Crippen LogP contribution >= 0.6 is 0 Å². The lowest BCUT2D eigenvalue weighted by Gasteiger charge is -2.37. The molecule has 11 heteroatoms. The molecular formula is C28H31F4N5O2. The zero-order chi connectivity index (χ0) is 27.9. The number of halogens is 4. The Morgan fingerprint density at radius 1 is 1.15 bits per heavy atom. The van der Waals surface area contributed by atoms with Crippen LogP contribution in [0.15, 0.2) is 64.1 Å². The normalized spacial score (nSPS) is 16.8. The molecule has 0 aliphatic carbocycles. The van der Waals surface area contributed by atoms with Crippen LogP contribution in [0.5, 0.6) is 0 Å². The van der Waals surface area contributed by atoms with Crippen molar-refractivity contribution in [2.45, 2.75) is 49.7 Å². The third-order valence-electron chi connectivity index (χ3n) is 6.93. The first-order valence-corrected chi connectivity index (χ1v) is 12.8. The molecule has 1 N–H and O–H groups in total. The van der Waals surface area contributed by atoms with Gasteiger partial charge in [0, 0.05) is 26.2 Å². The molecule has 2 heterocycles. The summed E-state index contributed by atoms with van der Waals surface area (Å²) in [6, 6.07) is 14.6. The van der Waals surface area contributed by atoms with Crippen LogP contribution in [-0.4, -0.2) is 60.0 Å². The van der Waals surface area contributed by atoms with Crippen molar-refractivity contribution >= 4 is 12.1 Å². The first-order chi connectivity index (χ1) is 18.7. The number of hydrogen-bond acceptors (Lipinski definition) is 6. The Balaban J connectivity index is 1.38. The zero-order valence-electron chi connectivity index (χ0n) is 21.6. The molecular weight excluding hydrogens is 514 g/mol. The van der Waals surface area contributed by atoms with Crippen molar-refractivity contribution in [2.75, 3.05) is 26.7 Å². The van der Waals surface area contributed by atoms with E-state index in [1.54, 1.807) is 43.4 Å². The molecule has 208 valence electrons. The number of likely N-dealkylation sites (tertiary alicyclic amines) is 1. The van der Waals surface area contributed by atoms with Gasteiger partial charge in [0.25, 0.3) is 0 Å². The maximum Gasteiger partial charge on any atom is 0.397 e. The molecule has 1 aliphatic heterocycles. The van der Waals surface area contributed by atoms with Crippen molar-refractivity contribution in [1.29, 1.82) is 0 Å². The zero-order valence-corrected chi connectivity index (χ0v) is 21.6. The van der Waals surface area contributed by atoms with Crippen molar-refractivity contribution < 1.29 is 26.9 Å². The van der Waals surface area contributed by atoms with E-state index in [0.29, 0.717) is 57.0 Å². The highest BCUT2D eigenvalue weighted by Gasteiger charge is 2.40. The lowest BCUT2D eigenvalue weighted by molar-refractivity contribution is -0.154. The van der Waals surface area contributed by atoms with E-state index in [1.807, 2.05) is 12.3 Å². The van der Waals surface area contributed by atoms with Gasteiger partial charge in [-0.25, -0.2) is 4.39 Å². The second-order valence-corrected chi connectivity index (χ2v) is 9.82. The number of nitrogens with zero attached hydrogens (tertiary/aromatic N) is 4. The first kappa shape index (κ1) is 28.4. The van der Waals surface area contributed by atoms with Crippen LogP contribution in [0.2, 0.25) is 0 Å². The van der Waals surface area contributed by atoms with E-state index in [9.17, 15) is 22.4 Å². The van der Waals surface area contributed by atoms with E-state index in [-0.39, 0.29) is 5.82 Å². The number of benzene rings is 2. The Bertz CT molecular complexity index is 1240. The number of carbonyl (C=O) groups excluding carboxylic acids is 1. The molecule has 0 saturated carbocycles. The van der Waals surface area contributed by atoms with Crippen LogP contribution in [0, 0.1) is 5.82 Å². The Morgan fingerprint density at radius 3 is 2.49 bits per heavy atom. The number of carbonyl (C=O) groups is 1. The molecule has 1 atom stereocenters. The van der Waals surface area contributed by atoms with Gasteiger partial charge in [-0.2, -0.15) is 18.2 Å². The standard InChI is InChI=1S/C28H31F4N5O2/c1-33-19-27(26-35-24(36-39-26)17-20-7-9-22(29)10-8-20)12-15-37(16-13-27)14-11-23(21-5-3-2-4-6-21)34-25(38)18-28(30,31)32/h2-10,19,23H,11-18H2,1H3,(H,34,38)/t23-/m0/s1. The summed E-state index contributed by atoms with van der Waals surface area (Å²) in [6.07, 6.45) is -2.02. The largest absolute Gasteiger partial charge is 0.397 e. The third-order valence-corrected chi connectivity index (χ3v) is 6.93. The molecule has 0 radical (unpaired) electrons. The van der Waals surface area contributed by atoms with Gasteiger partial charge in [-0.3, -0.25) is 9.79 Å². The fourth-order valence-corrected chi connectivity index (χ4v) is 4.88. The van der Waals surface area contributed by atoms with Crippen molar-refractivity contribution in [1.82, 2.24) is 20.4 Å². The average Bonchev–Trinajstić information content (AvgIpc) is 3.37. The smallest absolute Gasteiger partial charge is 0.349 e. The van der Waals surface area contributed by atoms with Gasteiger partial charge in [0.2, 0.25) is 11.8 Å². The average molecular weight is 546 g/mol. The summed E-state index contributed by atoms with van der Waals surface area (Å²) in [5.74, 6) is -0.369. The van der Waals surface area contributed by atoms with Gasteiger partial charge in [0.15, 0.2) is 5.82 Å². The van der Waals surface area contributed by atoms with Crippen LogP contribution in [0.4, 0.5) is 17.6 Å². The molecule has 7 nitrogen and oxygen atoms in total. The molecule has 1 fully saturated rings. The molecule has 1 amide bonds. The monoisotopic (exact) mass is 545 g/mol. The number of aliphatic imine (C=N–C) groups is 1. The van der Waals surface area contributed by atoms with Gasteiger partial charge in [0.1, 0.15) is 12.2 Å². The number of rotatable bonds is 10. The van der Waals surface area contributed by atoms with Crippen LogP contribution in [-0.2, 0) is 16.6 Å². The molecule has 1 aliphatic rings. The second kappa shape index (κ2) is 12.5. The van der Waals surface area contributed by atoms with Crippen molar-refractivity contribution in [3.63, 3.8) is 0 Å². The van der Waals surface area contributed by atoms with Crippen LogP contribution < -0.4 is 5.32 Å². The number of aromatic nitrogens is 2. The molecule has 4 rings (SSSR count). The van der Waals surface area contributed by atoms with Gasteiger partial charge in [0.05, 0.1) is 11.5 Å². The maximum absolute atomic E-state index is 13.2. The van der Waals surface area contributed by atoms with E-state index >= 15 is 0 Å². The van der Waals surface area contributed by atoms with Crippen molar-refractivity contribution in [3.05, 3.63) is 83.3 Å². The first-order valence-electron chi connectivity index (χ1n) is 12.8. The molecule has 0 spiro atoms. The van der Waals surface area contributed by atoms with E-state index in [4.69, 9.17) is 4.52 Å². The van der Waals surface area contributed by atoms with E-state index in [2.05, 4.69) is 25.3 Å². The summed E-state index contributed by atoms with van der Waals surface area (Å²) in [5.41, 5.74) is 1.10. The summed E-state index contributed by atoms with van der Waals surface area (Å²) in [7, 11) is 1.69. The van der Waals surface area contributed by atoms with Gasteiger partial charge >= 0.3 is 6.18 Å². The Hall–Kier alpha value is -3.60. The van der Waals surface area contributed by atoms with Crippen LogP contribution in [0.25, 0.3) is 0 Å². The third kappa shape index (κ3) is 7.95. The molecule has 2 aromatic carbocycles. The molecule has 1 aromatic heterocycles. The lowest BCUT2D eigenvalue weighted by Crippen LogP contribution is -2.45. The van der Waals surface area contributed by atoms with Crippen molar-refractivity contribution in [2.24, 2.45) is 4.99 Å². The highest BCUT2D eigenvalue weighted by Crippen LogP contribution is 2.34. The summed E-state index contributed by atoms with van der Waals surface area (Å²) < 4.78 is 57.0. The molecule has 3 aromatic rings. The molecule has 0 bridgehead atoms. The van der Waals surface area contributed by atoms with Gasteiger partial charge in [-0.1, -0.05) is 47.6 Å². The van der Waals surface area contributed by atoms with Crippen LogP contribution in [0.1, 0.15) is 54.6 Å². The fourth-order valence-electron chi connectivity index (χ4n) is 4.88. The quantitative estimate of drug-likeness (QED) is 0.285. The van der Waals surface area contributed by atoms with Gasteiger partial charge in [-0.05, 0) is 55.6 Å². The number of hydrogen-bond donors (Lipinski definition) is 1. The Kier molecular flexibility index (Phi) is 9.11. The predicted molar refractivity (Wildman–Crippen MR) is 138 cm³/mol. The van der Waals surface area contributed by atoms with E-state index < -0.39 is 30.0 Å². The number of alkyl halides is 3. The maximum atomic E-state index is 13.2. The Labute approximate surface area is 224 Å². The van der Waals surface area contributed by atoms with E-state index in [0.717, 1.165) is 11.1 Å². The minimum Gasteiger partial charge on any atom is -0.349 e. The Morgan fingerprint density at radius 2 is 1.85 bits per heavy atom. The van der Waals surface area contributed by atoms with Gasteiger partial charge < -0.3 is 14.7 Å². The highest BCUT2D eigenvalue weighted by atomic mass is 19.4. The number of amides is 1. The number of piperidine rings is 1. The molecule has 0 unspecified atom stereocenters. The van der Waals surface area contributed by atoms with E-state index in [1.165, 1.54) is 12.1 Å². The minimum absolute atomic E-state index is 0.309. The fraction of sp³-hybridized carbons (Fsp3) is 0.429. The molecule has 39 heavy (non-hydrogen) atoms.